The van der Waals surface area contributed by atoms with Gasteiger partial charge in [-0.25, -0.2) is 9.78 Å². The van der Waals surface area contributed by atoms with Gasteiger partial charge in [0.05, 0.1) is 0 Å². The zero-order valence-corrected chi connectivity index (χ0v) is 10.1. The van der Waals surface area contributed by atoms with Gasteiger partial charge in [-0.1, -0.05) is 30.3 Å². The van der Waals surface area contributed by atoms with Crippen LogP contribution in [0.4, 0.5) is 0 Å². The second kappa shape index (κ2) is 4.23. The molecular formula is C12H9N3O2S. The highest BCUT2D eigenvalue weighted by Crippen LogP contribution is 2.15. The van der Waals surface area contributed by atoms with E-state index in [-0.39, 0.29) is 5.69 Å². The van der Waals surface area contributed by atoms with E-state index in [0.29, 0.717) is 17.2 Å². The Labute approximate surface area is 106 Å². The molecule has 0 unspecified atom stereocenters. The maximum Gasteiger partial charge on any atom is 0.355 e. The van der Waals surface area contributed by atoms with Crippen molar-refractivity contribution in [2.75, 3.05) is 0 Å². The van der Waals surface area contributed by atoms with Crippen LogP contribution in [0.3, 0.4) is 0 Å². The van der Waals surface area contributed by atoms with Crippen LogP contribution in [0.2, 0.25) is 0 Å². The molecule has 0 bridgehead atoms. The van der Waals surface area contributed by atoms with Gasteiger partial charge in [-0.15, -0.1) is 16.4 Å². The fourth-order valence-corrected chi connectivity index (χ4v) is 2.54. The number of carboxylic acid groups (broad SMARTS) is 1. The third kappa shape index (κ3) is 1.86. The average molecular weight is 259 g/mol. The standard InChI is InChI=1S/C12H9N3O2S/c16-11(17)9-7-18-12-13-10(14-15(9)12)6-8-4-2-1-3-5-8/h1-5,7H,6H2,(H,16,17). The molecule has 0 amide bonds. The molecule has 0 saturated heterocycles. The summed E-state index contributed by atoms with van der Waals surface area (Å²) in [6.07, 6.45) is 0.605. The largest absolute Gasteiger partial charge is 0.476 e. The summed E-state index contributed by atoms with van der Waals surface area (Å²) < 4.78 is 1.38. The molecule has 3 rings (SSSR count). The number of benzene rings is 1. The Morgan fingerprint density at radius 3 is 2.83 bits per heavy atom. The first-order chi connectivity index (χ1) is 8.74. The second-order valence-corrected chi connectivity index (χ2v) is 4.65. The van der Waals surface area contributed by atoms with E-state index < -0.39 is 5.97 Å². The van der Waals surface area contributed by atoms with Gasteiger partial charge in [-0.3, -0.25) is 0 Å². The molecule has 90 valence electrons. The van der Waals surface area contributed by atoms with E-state index in [9.17, 15) is 4.79 Å². The Morgan fingerprint density at radius 2 is 2.11 bits per heavy atom. The summed E-state index contributed by atoms with van der Waals surface area (Å²) in [7, 11) is 0. The average Bonchev–Trinajstić information content (AvgIpc) is 2.89. The van der Waals surface area contributed by atoms with Crippen molar-refractivity contribution in [1.82, 2.24) is 14.6 Å². The summed E-state index contributed by atoms with van der Waals surface area (Å²) in [5.41, 5.74) is 1.26. The topological polar surface area (TPSA) is 67.5 Å². The van der Waals surface area contributed by atoms with Crippen LogP contribution in [0.15, 0.2) is 35.7 Å². The zero-order chi connectivity index (χ0) is 12.5. The quantitative estimate of drug-likeness (QED) is 0.782. The van der Waals surface area contributed by atoms with Crippen molar-refractivity contribution < 1.29 is 9.90 Å². The van der Waals surface area contributed by atoms with E-state index >= 15 is 0 Å². The van der Waals surface area contributed by atoms with Crippen molar-refractivity contribution in [2.45, 2.75) is 6.42 Å². The molecule has 1 aromatic carbocycles. The van der Waals surface area contributed by atoms with Crippen molar-refractivity contribution in [2.24, 2.45) is 0 Å². The molecule has 0 radical (unpaired) electrons. The second-order valence-electron chi connectivity index (χ2n) is 3.81. The van der Waals surface area contributed by atoms with Crippen molar-refractivity contribution in [3.63, 3.8) is 0 Å². The third-order valence-corrected chi connectivity index (χ3v) is 3.37. The molecule has 18 heavy (non-hydrogen) atoms. The van der Waals surface area contributed by atoms with Crippen molar-refractivity contribution in [1.29, 1.82) is 0 Å². The van der Waals surface area contributed by atoms with Gasteiger partial charge in [-0.05, 0) is 5.56 Å². The van der Waals surface area contributed by atoms with Crippen molar-refractivity contribution in [3.8, 4) is 0 Å². The predicted molar refractivity (Wildman–Crippen MR) is 67.1 cm³/mol. The Kier molecular flexibility index (Phi) is 2.56. The highest BCUT2D eigenvalue weighted by molar-refractivity contribution is 7.15. The molecule has 2 heterocycles. The Balaban J connectivity index is 1.97. The summed E-state index contributed by atoms with van der Waals surface area (Å²) >= 11 is 1.28. The fourth-order valence-electron chi connectivity index (χ4n) is 1.72. The maximum atomic E-state index is 11.0. The fraction of sp³-hybridized carbons (Fsp3) is 0.0833. The van der Waals surface area contributed by atoms with Crippen LogP contribution in [0.25, 0.3) is 4.96 Å². The Morgan fingerprint density at radius 1 is 1.33 bits per heavy atom. The molecule has 2 aromatic heterocycles. The van der Waals surface area contributed by atoms with Crippen LogP contribution in [0, 0.1) is 0 Å². The van der Waals surface area contributed by atoms with E-state index in [1.54, 1.807) is 5.38 Å². The molecule has 0 aliphatic carbocycles. The number of rotatable bonds is 3. The smallest absolute Gasteiger partial charge is 0.355 e. The van der Waals surface area contributed by atoms with Crippen LogP contribution < -0.4 is 0 Å². The molecular weight excluding hydrogens is 250 g/mol. The van der Waals surface area contributed by atoms with Crippen LogP contribution >= 0.6 is 11.3 Å². The summed E-state index contributed by atoms with van der Waals surface area (Å²) in [4.78, 5) is 15.9. The summed E-state index contributed by atoms with van der Waals surface area (Å²) in [5, 5.41) is 14.8. The van der Waals surface area contributed by atoms with Gasteiger partial charge in [0, 0.05) is 11.8 Å². The van der Waals surface area contributed by atoms with Gasteiger partial charge >= 0.3 is 5.97 Å². The minimum atomic E-state index is -0.989. The van der Waals surface area contributed by atoms with E-state index in [2.05, 4.69) is 10.1 Å². The molecule has 0 aliphatic rings. The minimum Gasteiger partial charge on any atom is -0.476 e. The van der Waals surface area contributed by atoms with Gasteiger partial charge in [0.15, 0.2) is 11.5 Å². The first-order valence-electron chi connectivity index (χ1n) is 5.34. The van der Waals surface area contributed by atoms with Crippen LogP contribution in [0.5, 0.6) is 0 Å². The number of carboxylic acids is 1. The summed E-state index contributed by atoms with van der Waals surface area (Å²) in [5.74, 6) is -0.354. The van der Waals surface area contributed by atoms with E-state index in [1.165, 1.54) is 15.9 Å². The lowest BCUT2D eigenvalue weighted by Gasteiger charge is -1.95. The SMILES string of the molecule is O=C(O)c1csc2nc(Cc3ccccc3)nn12. The highest BCUT2D eigenvalue weighted by atomic mass is 32.1. The number of aromatic carboxylic acids is 1. The van der Waals surface area contributed by atoms with Crippen LogP contribution in [0.1, 0.15) is 21.9 Å². The van der Waals surface area contributed by atoms with Gasteiger partial charge in [-0.2, -0.15) is 4.52 Å². The van der Waals surface area contributed by atoms with Crippen molar-refractivity contribution >= 4 is 22.3 Å². The maximum absolute atomic E-state index is 11.0. The van der Waals surface area contributed by atoms with Gasteiger partial charge in [0.2, 0.25) is 4.96 Å². The van der Waals surface area contributed by atoms with Crippen molar-refractivity contribution in [3.05, 3.63) is 52.8 Å². The van der Waals surface area contributed by atoms with E-state index in [0.717, 1.165) is 5.56 Å². The van der Waals surface area contributed by atoms with E-state index in [4.69, 9.17) is 5.11 Å². The Bertz CT molecular complexity index is 703. The van der Waals surface area contributed by atoms with E-state index in [1.807, 2.05) is 30.3 Å². The number of hydrogen-bond donors (Lipinski definition) is 1. The molecule has 0 saturated carbocycles. The number of aromatic nitrogens is 3. The minimum absolute atomic E-state index is 0.154. The molecule has 0 fully saturated rings. The third-order valence-electron chi connectivity index (χ3n) is 2.55. The Hall–Kier alpha value is -2.21. The summed E-state index contributed by atoms with van der Waals surface area (Å²) in [6.45, 7) is 0. The van der Waals surface area contributed by atoms with Crippen LogP contribution in [-0.2, 0) is 6.42 Å². The lowest BCUT2D eigenvalue weighted by molar-refractivity contribution is 0.0688. The van der Waals surface area contributed by atoms with Gasteiger partial charge in [0.1, 0.15) is 0 Å². The first kappa shape index (κ1) is 10.9. The number of fused-ring (bicyclic) bond motifs is 1. The van der Waals surface area contributed by atoms with Crippen LogP contribution in [-0.4, -0.2) is 25.7 Å². The highest BCUT2D eigenvalue weighted by Gasteiger charge is 2.14. The molecule has 1 N–H and O–H groups in total. The zero-order valence-electron chi connectivity index (χ0n) is 9.28. The first-order valence-corrected chi connectivity index (χ1v) is 6.22. The number of hydrogen-bond acceptors (Lipinski definition) is 4. The monoisotopic (exact) mass is 259 g/mol. The molecule has 5 nitrogen and oxygen atoms in total. The predicted octanol–water partition coefficient (Wildman–Crippen LogP) is 2.08. The molecule has 0 aliphatic heterocycles. The van der Waals surface area contributed by atoms with Gasteiger partial charge in [0.25, 0.3) is 0 Å². The summed E-state index contributed by atoms with van der Waals surface area (Å²) in [6, 6.07) is 9.85. The molecule has 0 atom stereocenters. The number of nitrogens with zero attached hydrogens (tertiary/aromatic N) is 3. The van der Waals surface area contributed by atoms with Gasteiger partial charge < -0.3 is 5.11 Å². The molecule has 3 aromatic rings. The molecule has 6 heteroatoms. The number of thiazole rings is 1. The normalized spacial score (nSPS) is 10.9. The molecule has 0 spiro atoms. The lowest BCUT2D eigenvalue weighted by Crippen LogP contribution is -2.02. The number of carbonyl (C=O) groups is 1. The lowest BCUT2D eigenvalue weighted by atomic mass is 10.1.